The second-order valence-corrected chi connectivity index (χ2v) is 25.6. The van der Waals surface area contributed by atoms with Gasteiger partial charge in [0, 0.05) is 68.7 Å². The zero-order valence-corrected chi connectivity index (χ0v) is 59.6. The normalized spacial score (nSPS) is 34.0. The van der Waals surface area contributed by atoms with Gasteiger partial charge in [0.15, 0.2) is 11.2 Å². The van der Waals surface area contributed by atoms with E-state index in [4.69, 9.17) is 160 Å². The van der Waals surface area contributed by atoms with Gasteiger partial charge in [0.1, 0.15) is 99.1 Å². The number of anilines is 2. The highest BCUT2D eigenvalue weighted by Crippen LogP contribution is 2.46. The first-order valence-corrected chi connectivity index (χ1v) is 33.1. The predicted octanol–water partition coefficient (Wildman–Crippen LogP) is 11.1. The van der Waals surface area contributed by atoms with E-state index in [0.29, 0.717) is 71.1 Å². The van der Waals surface area contributed by atoms with E-state index >= 15 is 0 Å². The number of carbonyl (C=O) groups is 1. The number of aromatic nitrogens is 12. The number of aliphatic hydroxyl groups excluding tert-OH is 4. The molecule has 5 fully saturated rings. The predicted molar refractivity (Wildman–Crippen MR) is 379 cm³/mol. The lowest BCUT2D eigenvalue weighted by atomic mass is 9.87. The molecule has 0 saturated carbocycles. The molecule has 5 aliphatic heterocycles. The standard InChI is InChI=1S/C15H15Cl2N3O.2C13H13ClN4O3.C11H16O3.C9H13ClO.C6H3Cl2N3/c1-4-15(5-2)9(3)8-11(21-15)20-7-6-10-12(16)18-14(17)19-13(10)20;2*1-2-13(6-19)8(20)5-9(21-13)18-4-3-7-10(15)16-12(14)17-11(7)18;1-5-11(6-2)8(3)7-10(14-11)13-9(4)12;1-4-9(5-2)7(3)6-8(10)11-9;7-4-3-1-2-9-5(3)11-6(8)10-4/h1,6-7,9,11H,5,8H2,2-3H3;2*1,3-4,8-9,19-20H,5-6H2,(H2,15,16,17);1,8,10H,6-7H2,2-4H3;1,7-8H,5-6H2,2-3H3;1-2H,(H,9,10,11)/t9-,11+,15+;2*8-,9+,13+;8-,10?,11+;7-,8?,9+;/m00000./s1/i11D;2*9D;10D;8D;. The van der Waals surface area contributed by atoms with Crippen molar-refractivity contribution in [3.05, 3.63) is 80.5 Å². The summed E-state index contributed by atoms with van der Waals surface area (Å²) in [5.41, 5.74) is 6.49. The van der Waals surface area contributed by atoms with Gasteiger partial charge >= 0.3 is 5.97 Å². The summed E-state index contributed by atoms with van der Waals surface area (Å²) in [4.78, 5) is 45.3. The van der Waals surface area contributed by atoms with Crippen molar-refractivity contribution in [2.45, 2.75) is 170 Å². The Morgan fingerprint density at radius 3 is 1.32 bits per heavy atom. The van der Waals surface area contributed by atoms with Crippen molar-refractivity contribution in [3.63, 3.8) is 0 Å². The Kier molecular flexibility index (Phi) is 23.0. The molecule has 13 rings (SSSR count). The van der Waals surface area contributed by atoms with Gasteiger partial charge < -0.3 is 79.0 Å². The van der Waals surface area contributed by atoms with E-state index in [2.05, 4.69) is 74.5 Å². The number of terminal acetylenes is 5. The van der Waals surface area contributed by atoms with Crippen molar-refractivity contribution >= 4 is 143 Å². The molecular weight excluding hydrogens is 1420 g/mol. The SMILES string of the molecule is Clc1nc(Cl)c2cc[nH]c2n1.[2H]C1(Cl)C[C@H](C)[C@@](C#C)(CC)O1.[2H]C1(OC(C)=O)C[C@H](C)[C@@](C#C)(CC)O1.[2H][C@]1(n2ccc3c(Cl)nc(Cl)nc32)C[C@H](C)[C@@](C#C)(CC)O1.[2H][C@]1(n2ccc3c(N)nc(Cl)nc32)C[C@H](O)[C@@](C#C)(CO)O1.[2H][C@]1(n2ccc3c(N)nc(Cl)nc32)C[C@H](O)[C@@](C#C)(CO)O1. The number of nitrogens with two attached hydrogens (primary N) is 2. The summed E-state index contributed by atoms with van der Waals surface area (Å²) >= 11 is 40.6. The first kappa shape index (κ1) is 70.5. The second kappa shape index (κ2) is 32.3. The third kappa shape index (κ3) is 16.2. The maximum absolute atomic E-state index is 10.8. The maximum atomic E-state index is 10.8. The number of carbonyl (C=O) groups excluding carboxylic acids is 1. The van der Waals surface area contributed by atoms with Gasteiger partial charge in [-0.1, -0.05) is 106 Å². The van der Waals surface area contributed by atoms with Crippen molar-refractivity contribution in [2.24, 2.45) is 17.8 Å². The van der Waals surface area contributed by atoms with E-state index < -0.39 is 89.8 Å². The molecule has 0 aliphatic carbocycles. The number of fused-ring (bicyclic) bond motifs is 4. The second-order valence-electron chi connectivity index (χ2n) is 23.1. The van der Waals surface area contributed by atoms with Gasteiger partial charge in [0.05, 0.1) is 40.2 Å². The molecule has 5 saturated heterocycles. The maximum Gasteiger partial charge on any atom is 0.304 e. The zero-order valence-electron chi connectivity index (χ0n) is 59.3. The molecule has 25 nitrogen and oxygen atoms in total. The van der Waals surface area contributed by atoms with Gasteiger partial charge in [-0.15, -0.1) is 32.1 Å². The number of nitrogens with one attached hydrogen (secondary N) is 1. The molecule has 0 spiro atoms. The number of esters is 1. The quantitative estimate of drug-likeness (QED) is 0.0232. The molecule has 9 N–H and O–H groups in total. The average Bonchev–Trinajstić information content (AvgIpc) is 1.59. The van der Waals surface area contributed by atoms with Crippen LogP contribution in [0.5, 0.6) is 0 Å². The molecular formula is C67H73Cl7N14O11. The first-order chi connectivity index (χ1) is 48.6. The van der Waals surface area contributed by atoms with Gasteiger partial charge in [-0.05, 0) is 103 Å². The number of ether oxygens (including phenoxy) is 6. The summed E-state index contributed by atoms with van der Waals surface area (Å²) in [6.45, 7) is 11.7. The number of H-pyrrole nitrogens is 1. The molecule has 0 bridgehead atoms. The summed E-state index contributed by atoms with van der Waals surface area (Å²) in [6, 6.07) is 6.78. The smallest absolute Gasteiger partial charge is 0.304 e. The minimum Gasteiger partial charge on any atom is -0.436 e. The van der Waals surface area contributed by atoms with Crippen LogP contribution >= 0.6 is 81.2 Å². The Labute approximate surface area is 613 Å². The van der Waals surface area contributed by atoms with Crippen LogP contribution in [0.15, 0.2) is 49.1 Å². The van der Waals surface area contributed by atoms with E-state index in [1.165, 1.54) is 28.5 Å². The Balaban J connectivity index is 0.000000161. The largest absolute Gasteiger partial charge is 0.436 e. The summed E-state index contributed by atoms with van der Waals surface area (Å²) in [7, 11) is 0. The molecule has 8 aromatic rings. The third-order valence-corrected chi connectivity index (χ3v) is 18.8. The lowest BCUT2D eigenvalue weighted by molar-refractivity contribution is -0.179. The van der Waals surface area contributed by atoms with Crippen LogP contribution in [0.25, 0.3) is 44.1 Å². The minimum absolute atomic E-state index is 0.00403. The Bertz CT molecular complexity index is 4450. The number of hydrogen-bond acceptors (Lipinski definition) is 21. The van der Waals surface area contributed by atoms with Crippen molar-refractivity contribution < 1.29 is 60.5 Å². The number of alkyl halides is 1. The van der Waals surface area contributed by atoms with Crippen molar-refractivity contribution in [3.8, 4) is 61.7 Å². The van der Waals surface area contributed by atoms with E-state index in [1.54, 1.807) is 41.2 Å². The van der Waals surface area contributed by atoms with Crippen molar-refractivity contribution in [1.29, 1.82) is 0 Å². The highest BCUT2D eigenvalue weighted by molar-refractivity contribution is 6.36. The van der Waals surface area contributed by atoms with Crippen LogP contribution in [0.4, 0.5) is 11.6 Å². The molecule has 99 heavy (non-hydrogen) atoms. The van der Waals surface area contributed by atoms with Crippen LogP contribution in [0.3, 0.4) is 0 Å². The third-order valence-electron chi connectivity index (χ3n) is 17.3. The fraction of sp³-hybridized carbons (Fsp3) is 0.478. The fourth-order valence-electron chi connectivity index (χ4n) is 11.4. The summed E-state index contributed by atoms with van der Waals surface area (Å²) in [5, 5.41) is 42.2. The van der Waals surface area contributed by atoms with Gasteiger partial charge in [-0.2, -0.15) is 19.9 Å². The number of nitrogen functional groups attached to an aromatic ring is 2. The average molecular weight is 1500 g/mol. The lowest BCUT2D eigenvalue weighted by Crippen LogP contribution is -2.41. The summed E-state index contributed by atoms with van der Waals surface area (Å²) in [6.07, 6.45) is 27.7. The summed E-state index contributed by atoms with van der Waals surface area (Å²) < 4.78 is 78.1. The minimum atomic E-state index is -1.75. The Morgan fingerprint density at radius 1 is 0.566 bits per heavy atom. The van der Waals surface area contributed by atoms with E-state index in [-0.39, 0.29) is 79.8 Å². The van der Waals surface area contributed by atoms with Crippen molar-refractivity contribution in [2.75, 3.05) is 24.7 Å². The van der Waals surface area contributed by atoms with Gasteiger partial charge in [0.25, 0.3) is 0 Å². The molecule has 2 unspecified atom stereocenters. The topological polar surface area (TPSA) is 339 Å². The highest BCUT2D eigenvalue weighted by atomic mass is 35.5. The van der Waals surface area contributed by atoms with Gasteiger partial charge in [0.2, 0.25) is 27.4 Å². The molecule has 13 heterocycles. The molecule has 8 aromatic heterocycles. The number of nitrogens with zero attached hydrogens (tertiary/aromatic N) is 11. The molecule has 15 atom stereocenters. The van der Waals surface area contributed by atoms with E-state index in [9.17, 15) is 25.2 Å². The van der Waals surface area contributed by atoms with Crippen LogP contribution in [0.1, 0.15) is 125 Å². The Morgan fingerprint density at radius 2 is 0.939 bits per heavy atom. The highest BCUT2D eigenvalue weighted by Gasteiger charge is 2.50. The van der Waals surface area contributed by atoms with E-state index in [0.717, 1.165) is 5.39 Å². The first-order valence-electron chi connectivity index (χ1n) is 33.0. The lowest BCUT2D eigenvalue weighted by Gasteiger charge is -2.26. The number of hydrogen-bond donors (Lipinski definition) is 7. The number of halogens is 7. The van der Waals surface area contributed by atoms with Crippen LogP contribution in [-0.2, 0) is 33.2 Å². The summed E-state index contributed by atoms with van der Waals surface area (Å²) in [5.74, 6) is 12.4. The molecule has 0 radical (unpaired) electrons. The van der Waals surface area contributed by atoms with Gasteiger partial charge in [-0.3, -0.25) is 4.79 Å². The van der Waals surface area contributed by atoms with Crippen molar-refractivity contribution in [1.82, 2.24) is 58.6 Å². The number of aliphatic hydroxyl groups is 4. The fourth-order valence-corrected chi connectivity index (χ4v) is 13.0. The van der Waals surface area contributed by atoms with Crippen LogP contribution in [-0.4, -0.2) is 150 Å². The molecule has 5 aliphatic rings. The zero-order chi connectivity index (χ0) is 77.3. The molecule has 0 amide bonds. The molecule has 32 heteroatoms. The Hall–Kier alpha value is -6.98. The van der Waals surface area contributed by atoms with Crippen LogP contribution in [0, 0.1) is 79.5 Å². The number of aromatic amines is 1. The van der Waals surface area contributed by atoms with Gasteiger partial charge in [-0.25, -0.2) is 19.9 Å². The number of rotatable bonds is 9. The van der Waals surface area contributed by atoms with Crippen LogP contribution in [0.2, 0.25) is 31.4 Å². The molecule has 0 aromatic carbocycles. The molecule has 526 valence electrons. The monoisotopic (exact) mass is 1500 g/mol. The van der Waals surface area contributed by atoms with E-state index in [1.807, 2.05) is 41.5 Å². The van der Waals surface area contributed by atoms with Crippen LogP contribution < -0.4 is 11.5 Å².